The Hall–Kier alpha value is -1.75. The number of aromatic amines is 1. The van der Waals surface area contributed by atoms with E-state index in [2.05, 4.69) is 11.1 Å². The number of nitriles is 1. The summed E-state index contributed by atoms with van der Waals surface area (Å²) < 4.78 is 0. The highest BCUT2D eigenvalue weighted by atomic mass is 14.7. The molecule has 0 aliphatic rings. The van der Waals surface area contributed by atoms with Gasteiger partial charge in [-0.3, -0.25) is 0 Å². The zero-order valence-corrected chi connectivity index (χ0v) is 6.76. The molecule has 0 aliphatic heterocycles. The van der Waals surface area contributed by atoms with Crippen LogP contribution in [-0.4, -0.2) is 4.98 Å². The summed E-state index contributed by atoms with van der Waals surface area (Å²) in [5.41, 5.74) is 2.99. The van der Waals surface area contributed by atoms with Gasteiger partial charge in [0.2, 0.25) is 0 Å². The molecule has 2 heteroatoms. The molecule has 0 unspecified atom stereocenters. The maximum Gasteiger partial charge on any atom is 0.0991 e. The molecule has 0 aliphatic carbocycles. The molecule has 1 aromatic heterocycles. The predicted octanol–water partition coefficient (Wildman–Crippen LogP) is 2.35. The third-order valence-electron chi connectivity index (χ3n) is 2.02. The molecule has 2 aromatic rings. The van der Waals surface area contributed by atoms with Gasteiger partial charge in [0.25, 0.3) is 0 Å². The van der Waals surface area contributed by atoms with Gasteiger partial charge < -0.3 is 4.98 Å². The van der Waals surface area contributed by atoms with E-state index in [-0.39, 0.29) is 0 Å². The quantitative estimate of drug-likeness (QED) is 0.624. The Kier molecular flexibility index (Phi) is 1.38. The predicted molar refractivity (Wildman–Crippen MR) is 47.8 cm³/mol. The second-order valence-corrected chi connectivity index (χ2v) is 2.84. The maximum atomic E-state index is 8.67. The van der Waals surface area contributed by atoms with E-state index in [1.807, 2.05) is 31.3 Å². The normalized spacial score (nSPS) is 10.0. The van der Waals surface area contributed by atoms with E-state index in [4.69, 9.17) is 5.26 Å². The molecule has 0 fully saturated rings. The summed E-state index contributed by atoms with van der Waals surface area (Å²) in [5.74, 6) is 0. The second-order valence-electron chi connectivity index (χ2n) is 2.84. The van der Waals surface area contributed by atoms with E-state index in [0.717, 1.165) is 10.9 Å². The number of rotatable bonds is 0. The van der Waals surface area contributed by atoms with E-state index >= 15 is 0 Å². The first-order valence-corrected chi connectivity index (χ1v) is 3.79. The topological polar surface area (TPSA) is 39.6 Å². The fraction of sp³-hybridized carbons (Fsp3) is 0.100. The lowest BCUT2D eigenvalue weighted by Crippen LogP contribution is -1.73. The van der Waals surface area contributed by atoms with Gasteiger partial charge in [0.05, 0.1) is 11.6 Å². The number of nitrogens with one attached hydrogen (secondary N) is 1. The van der Waals surface area contributed by atoms with Crippen molar-refractivity contribution in [2.45, 2.75) is 6.92 Å². The van der Waals surface area contributed by atoms with Gasteiger partial charge in [-0.2, -0.15) is 5.26 Å². The fourth-order valence-electron chi connectivity index (χ4n) is 1.33. The van der Waals surface area contributed by atoms with Crippen molar-refractivity contribution in [3.05, 3.63) is 35.5 Å². The summed E-state index contributed by atoms with van der Waals surface area (Å²) in [4.78, 5) is 3.13. The fourth-order valence-corrected chi connectivity index (χ4v) is 1.33. The van der Waals surface area contributed by atoms with E-state index in [0.29, 0.717) is 5.56 Å². The Morgan fingerprint density at radius 3 is 3.00 bits per heavy atom. The minimum atomic E-state index is 0.713. The van der Waals surface area contributed by atoms with Crippen molar-refractivity contribution in [2.75, 3.05) is 0 Å². The van der Waals surface area contributed by atoms with E-state index < -0.39 is 0 Å². The van der Waals surface area contributed by atoms with Crippen LogP contribution in [0.3, 0.4) is 0 Å². The van der Waals surface area contributed by atoms with Crippen molar-refractivity contribution < 1.29 is 0 Å². The number of aryl methyl sites for hydroxylation is 1. The smallest absolute Gasteiger partial charge is 0.0991 e. The molecule has 12 heavy (non-hydrogen) atoms. The van der Waals surface area contributed by atoms with Crippen LogP contribution in [0.25, 0.3) is 10.9 Å². The third kappa shape index (κ3) is 0.876. The van der Waals surface area contributed by atoms with Crippen LogP contribution in [0.5, 0.6) is 0 Å². The lowest BCUT2D eigenvalue weighted by molar-refractivity contribution is 1.43. The van der Waals surface area contributed by atoms with Gasteiger partial charge in [0.1, 0.15) is 0 Å². The van der Waals surface area contributed by atoms with Crippen LogP contribution < -0.4 is 0 Å². The van der Waals surface area contributed by atoms with Gasteiger partial charge in [0.15, 0.2) is 0 Å². The van der Waals surface area contributed by atoms with E-state index in [1.54, 1.807) is 0 Å². The van der Waals surface area contributed by atoms with Crippen LogP contribution in [-0.2, 0) is 0 Å². The average molecular weight is 156 g/mol. The van der Waals surface area contributed by atoms with Crippen molar-refractivity contribution in [3.63, 3.8) is 0 Å². The molecular weight excluding hydrogens is 148 g/mol. The number of H-pyrrole nitrogens is 1. The Morgan fingerprint density at radius 2 is 2.25 bits per heavy atom. The average Bonchev–Trinajstić information content (AvgIpc) is 2.47. The Morgan fingerprint density at radius 1 is 1.42 bits per heavy atom. The molecule has 0 amide bonds. The van der Waals surface area contributed by atoms with E-state index in [9.17, 15) is 0 Å². The molecule has 58 valence electrons. The largest absolute Gasteiger partial charge is 0.361 e. The lowest BCUT2D eigenvalue weighted by Gasteiger charge is -1.91. The van der Waals surface area contributed by atoms with Crippen LogP contribution in [0, 0.1) is 18.3 Å². The molecule has 0 atom stereocenters. The van der Waals surface area contributed by atoms with Gasteiger partial charge in [-0.15, -0.1) is 0 Å². The van der Waals surface area contributed by atoms with Crippen LogP contribution in [0.1, 0.15) is 11.1 Å². The molecular formula is C10H8N2. The standard InChI is InChI=1S/C10H8N2/c1-7-6-12-10-3-2-8(5-11)4-9(7)10/h2-4,6,12H,1H3. The summed E-state index contributed by atoms with van der Waals surface area (Å²) in [6.07, 6.45) is 1.95. The Bertz CT molecular complexity index is 460. The summed E-state index contributed by atoms with van der Waals surface area (Å²) in [6.45, 7) is 2.03. The number of fused-ring (bicyclic) bond motifs is 1. The lowest BCUT2D eigenvalue weighted by atomic mass is 10.1. The summed E-state index contributed by atoms with van der Waals surface area (Å²) in [7, 11) is 0. The van der Waals surface area contributed by atoms with Crippen molar-refractivity contribution in [2.24, 2.45) is 0 Å². The number of benzene rings is 1. The molecule has 0 spiro atoms. The number of hydrogen-bond acceptors (Lipinski definition) is 1. The molecule has 2 rings (SSSR count). The molecule has 1 heterocycles. The minimum absolute atomic E-state index is 0.713. The first-order valence-electron chi connectivity index (χ1n) is 3.79. The van der Waals surface area contributed by atoms with Gasteiger partial charge in [-0.1, -0.05) is 0 Å². The third-order valence-corrected chi connectivity index (χ3v) is 2.02. The first kappa shape index (κ1) is 6.93. The highest BCUT2D eigenvalue weighted by Gasteiger charge is 1.99. The molecule has 0 saturated heterocycles. The van der Waals surface area contributed by atoms with Gasteiger partial charge in [-0.25, -0.2) is 0 Å². The van der Waals surface area contributed by atoms with Gasteiger partial charge in [0, 0.05) is 17.1 Å². The van der Waals surface area contributed by atoms with Crippen LogP contribution in [0.2, 0.25) is 0 Å². The molecule has 2 nitrogen and oxygen atoms in total. The van der Waals surface area contributed by atoms with Crippen LogP contribution >= 0.6 is 0 Å². The minimum Gasteiger partial charge on any atom is -0.361 e. The number of aromatic nitrogens is 1. The number of hydrogen-bond donors (Lipinski definition) is 1. The summed E-state index contributed by atoms with van der Waals surface area (Å²) >= 11 is 0. The molecule has 0 saturated carbocycles. The molecule has 0 radical (unpaired) electrons. The van der Waals surface area contributed by atoms with Crippen molar-refractivity contribution in [1.29, 1.82) is 5.26 Å². The molecule has 1 N–H and O–H groups in total. The number of nitrogens with zero attached hydrogens (tertiary/aromatic N) is 1. The zero-order valence-electron chi connectivity index (χ0n) is 6.76. The zero-order chi connectivity index (χ0) is 8.55. The molecule has 1 aromatic carbocycles. The monoisotopic (exact) mass is 156 g/mol. The Labute approximate surface area is 70.4 Å². The summed E-state index contributed by atoms with van der Waals surface area (Å²) in [6, 6.07) is 7.78. The highest BCUT2D eigenvalue weighted by Crippen LogP contribution is 2.18. The van der Waals surface area contributed by atoms with E-state index in [1.165, 1.54) is 5.56 Å². The van der Waals surface area contributed by atoms with Crippen LogP contribution in [0.15, 0.2) is 24.4 Å². The van der Waals surface area contributed by atoms with Crippen molar-refractivity contribution in [1.82, 2.24) is 4.98 Å². The van der Waals surface area contributed by atoms with Crippen LogP contribution in [0.4, 0.5) is 0 Å². The Balaban J connectivity index is 2.82. The second kappa shape index (κ2) is 2.38. The summed E-state index contributed by atoms with van der Waals surface area (Å²) in [5, 5.41) is 9.80. The van der Waals surface area contributed by atoms with Gasteiger partial charge in [-0.05, 0) is 30.7 Å². The first-order chi connectivity index (χ1) is 5.81. The SMILES string of the molecule is Cc1c[nH]c2ccc(C#N)cc12. The van der Waals surface area contributed by atoms with Gasteiger partial charge >= 0.3 is 0 Å². The van der Waals surface area contributed by atoms with Crippen molar-refractivity contribution in [3.8, 4) is 6.07 Å². The highest BCUT2D eigenvalue weighted by molar-refractivity contribution is 5.84. The maximum absolute atomic E-state index is 8.67. The van der Waals surface area contributed by atoms with Crippen molar-refractivity contribution >= 4 is 10.9 Å². The molecule has 0 bridgehead atoms.